The third-order valence-corrected chi connectivity index (χ3v) is 3.01. The van der Waals surface area contributed by atoms with Crippen molar-refractivity contribution in [2.75, 3.05) is 24.7 Å². The van der Waals surface area contributed by atoms with E-state index in [4.69, 9.17) is 15.6 Å². The molecule has 4 nitrogen and oxygen atoms in total. The molecule has 0 saturated heterocycles. The van der Waals surface area contributed by atoms with Crippen LogP contribution in [0, 0.1) is 0 Å². The van der Waals surface area contributed by atoms with Gasteiger partial charge in [-0.25, -0.2) is 0 Å². The van der Waals surface area contributed by atoms with Gasteiger partial charge in [0.05, 0.1) is 6.61 Å². The van der Waals surface area contributed by atoms with Crippen molar-refractivity contribution in [1.82, 2.24) is 0 Å². The summed E-state index contributed by atoms with van der Waals surface area (Å²) in [5.74, 6) is 1.27. The van der Waals surface area contributed by atoms with Crippen LogP contribution in [0.1, 0.15) is 26.2 Å². The molecule has 0 bridgehead atoms. The number of rotatable bonds is 9. The van der Waals surface area contributed by atoms with Gasteiger partial charge < -0.3 is 15.6 Å². The SMILES string of the molecule is CCOC(=O)C(N)CSCCCCCO. The van der Waals surface area contributed by atoms with E-state index in [1.54, 1.807) is 18.7 Å². The van der Waals surface area contributed by atoms with Crippen molar-refractivity contribution >= 4 is 17.7 Å². The Hall–Kier alpha value is -0.260. The number of nitrogens with two attached hydrogens (primary N) is 1. The summed E-state index contributed by atoms with van der Waals surface area (Å²) < 4.78 is 4.79. The first-order valence-electron chi connectivity index (χ1n) is 5.33. The number of carbonyl (C=O) groups is 1. The van der Waals surface area contributed by atoms with Crippen LogP contribution in [0.15, 0.2) is 0 Å². The fourth-order valence-corrected chi connectivity index (χ4v) is 1.99. The highest BCUT2D eigenvalue weighted by Gasteiger charge is 2.13. The average molecular weight is 235 g/mol. The lowest BCUT2D eigenvalue weighted by Gasteiger charge is -2.09. The van der Waals surface area contributed by atoms with E-state index in [-0.39, 0.29) is 12.6 Å². The molecule has 90 valence electrons. The molecule has 0 spiro atoms. The summed E-state index contributed by atoms with van der Waals surface area (Å²) in [6.45, 7) is 2.41. The average Bonchev–Trinajstić information content (AvgIpc) is 2.23. The summed E-state index contributed by atoms with van der Waals surface area (Å²) in [7, 11) is 0. The second-order valence-electron chi connectivity index (χ2n) is 3.22. The summed E-state index contributed by atoms with van der Waals surface area (Å²) in [4.78, 5) is 11.1. The molecule has 0 aromatic carbocycles. The molecule has 1 atom stereocenters. The zero-order valence-corrected chi connectivity index (χ0v) is 10.1. The number of aliphatic hydroxyl groups is 1. The number of unbranched alkanes of at least 4 members (excludes halogenated alkanes) is 2. The fourth-order valence-electron chi connectivity index (χ4n) is 1.02. The minimum absolute atomic E-state index is 0.257. The monoisotopic (exact) mass is 235 g/mol. The Bertz CT molecular complexity index is 167. The molecule has 0 fully saturated rings. The molecule has 0 aromatic heterocycles. The molecule has 1 unspecified atom stereocenters. The van der Waals surface area contributed by atoms with Gasteiger partial charge in [0, 0.05) is 12.4 Å². The summed E-state index contributed by atoms with van der Waals surface area (Å²) >= 11 is 1.66. The topological polar surface area (TPSA) is 72.5 Å². The molecular weight excluding hydrogens is 214 g/mol. The quantitative estimate of drug-likeness (QED) is 0.456. The Labute approximate surface area is 95.6 Å². The van der Waals surface area contributed by atoms with Crippen LogP contribution < -0.4 is 5.73 Å². The normalized spacial score (nSPS) is 12.5. The summed E-state index contributed by atoms with van der Waals surface area (Å²) in [5.41, 5.74) is 5.61. The first-order valence-corrected chi connectivity index (χ1v) is 6.48. The van der Waals surface area contributed by atoms with Gasteiger partial charge in [0.15, 0.2) is 0 Å². The Kier molecular flexibility index (Phi) is 10.1. The van der Waals surface area contributed by atoms with Gasteiger partial charge in [0.1, 0.15) is 6.04 Å². The van der Waals surface area contributed by atoms with Crippen molar-refractivity contribution in [3.8, 4) is 0 Å². The van der Waals surface area contributed by atoms with Crippen molar-refractivity contribution in [3.63, 3.8) is 0 Å². The Morgan fingerprint density at radius 3 is 2.80 bits per heavy atom. The number of aliphatic hydroxyl groups excluding tert-OH is 1. The molecule has 5 heteroatoms. The van der Waals surface area contributed by atoms with Crippen LogP contribution in [0.25, 0.3) is 0 Å². The minimum Gasteiger partial charge on any atom is -0.465 e. The predicted octanol–water partition coefficient (Wildman–Crippen LogP) is 0.773. The van der Waals surface area contributed by atoms with Gasteiger partial charge in [-0.2, -0.15) is 11.8 Å². The number of thioether (sulfide) groups is 1. The molecular formula is C10H21NO3S. The van der Waals surface area contributed by atoms with Crippen molar-refractivity contribution in [3.05, 3.63) is 0 Å². The third kappa shape index (κ3) is 8.72. The van der Waals surface area contributed by atoms with Crippen molar-refractivity contribution < 1.29 is 14.6 Å². The number of esters is 1. The molecule has 0 heterocycles. The lowest BCUT2D eigenvalue weighted by molar-refractivity contribution is -0.144. The van der Waals surface area contributed by atoms with Crippen LogP contribution in [0.4, 0.5) is 0 Å². The van der Waals surface area contributed by atoms with Gasteiger partial charge in [-0.15, -0.1) is 0 Å². The van der Waals surface area contributed by atoms with Crippen LogP contribution in [0.2, 0.25) is 0 Å². The molecule has 15 heavy (non-hydrogen) atoms. The second kappa shape index (κ2) is 10.3. The van der Waals surface area contributed by atoms with E-state index in [1.165, 1.54) is 0 Å². The molecule has 0 radical (unpaired) electrons. The van der Waals surface area contributed by atoms with E-state index in [0.29, 0.717) is 12.4 Å². The molecule has 0 aliphatic carbocycles. The summed E-state index contributed by atoms with van der Waals surface area (Å²) in [6.07, 6.45) is 2.93. The third-order valence-electron chi connectivity index (χ3n) is 1.83. The summed E-state index contributed by atoms with van der Waals surface area (Å²) in [6, 6.07) is -0.507. The number of hydrogen-bond donors (Lipinski definition) is 2. The lowest BCUT2D eigenvalue weighted by Crippen LogP contribution is -2.34. The predicted molar refractivity (Wildman–Crippen MR) is 62.9 cm³/mol. The van der Waals surface area contributed by atoms with Gasteiger partial charge in [-0.1, -0.05) is 6.42 Å². The zero-order chi connectivity index (χ0) is 11.5. The van der Waals surface area contributed by atoms with E-state index < -0.39 is 6.04 Å². The standard InChI is InChI=1S/C10H21NO3S/c1-2-14-10(13)9(11)8-15-7-5-3-4-6-12/h9,12H,2-8,11H2,1H3. The van der Waals surface area contributed by atoms with Crippen LogP contribution in [0.3, 0.4) is 0 Å². The Morgan fingerprint density at radius 1 is 1.47 bits per heavy atom. The Balaban J connectivity index is 3.30. The molecule has 0 amide bonds. The van der Waals surface area contributed by atoms with Crippen molar-refractivity contribution in [1.29, 1.82) is 0 Å². The van der Waals surface area contributed by atoms with Gasteiger partial charge in [-0.3, -0.25) is 4.79 Å². The first-order chi connectivity index (χ1) is 7.22. The molecule has 3 N–H and O–H groups in total. The van der Waals surface area contributed by atoms with Crippen LogP contribution in [-0.2, 0) is 9.53 Å². The maximum Gasteiger partial charge on any atom is 0.323 e. The molecule has 0 rings (SSSR count). The first kappa shape index (κ1) is 14.7. The van der Waals surface area contributed by atoms with Crippen LogP contribution in [0.5, 0.6) is 0 Å². The van der Waals surface area contributed by atoms with Gasteiger partial charge >= 0.3 is 5.97 Å². The second-order valence-corrected chi connectivity index (χ2v) is 4.37. The van der Waals surface area contributed by atoms with Gasteiger partial charge in [0.2, 0.25) is 0 Å². The van der Waals surface area contributed by atoms with Crippen molar-refractivity contribution in [2.24, 2.45) is 5.73 Å². The highest BCUT2D eigenvalue weighted by atomic mass is 32.2. The number of carbonyl (C=O) groups excluding carboxylic acids is 1. The van der Waals surface area contributed by atoms with Crippen LogP contribution >= 0.6 is 11.8 Å². The maximum atomic E-state index is 11.1. The highest BCUT2D eigenvalue weighted by molar-refractivity contribution is 7.99. The lowest BCUT2D eigenvalue weighted by atomic mass is 10.3. The molecule has 0 aliphatic heterocycles. The number of hydrogen-bond acceptors (Lipinski definition) is 5. The molecule has 0 aromatic rings. The molecule has 0 saturated carbocycles. The number of ether oxygens (including phenoxy) is 1. The maximum absolute atomic E-state index is 11.1. The van der Waals surface area contributed by atoms with E-state index in [0.717, 1.165) is 25.0 Å². The zero-order valence-electron chi connectivity index (χ0n) is 9.28. The van der Waals surface area contributed by atoms with Gasteiger partial charge in [0.25, 0.3) is 0 Å². The fraction of sp³-hybridized carbons (Fsp3) is 0.900. The summed E-state index contributed by atoms with van der Waals surface area (Å²) in [5, 5.41) is 8.55. The minimum atomic E-state index is -0.507. The van der Waals surface area contributed by atoms with Gasteiger partial charge in [-0.05, 0) is 25.5 Å². The van der Waals surface area contributed by atoms with Crippen molar-refractivity contribution in [2.45, 2.75) is 32.2 Å². The smallest absolute Gasteiger partial charge is 0.323 e. The highest BCUT2D eigenvalue weighted by Crippen LogP contribution is 2.07. The van der Waals surface area contributed by atoms with Crippen LogP contribution in [-0.4, -0.2) is 41.8 Å². The Morgan fingerprint density at radius 2 is 2.20 bits per heavy atom. The largest absolute Gasteiger partial charge is 0.465 e. The van der Waals surface area contributed by atoms with E-state index in [1.807, 2.05) is 0 Å². The van der Waals surface area contributed by atoms with E-state index in [9.17, 15) is 4.79 Å². The van der Waals surface area contributed by atoms with E-state index in [2.05, 4.69) is 0 Å². The van der Waals surface area contributed by atoms with E-state index >= 15 is 0 Å². The molecule has 0 aliphatic rings.